The number of halogens is 2. The number of hydrogen-bond donors (Lipinski definition) is 4. The molecule has 0 bridgehead atoms. The number of phenolic OH excluding ortho intramolecular Hbond substituents is 1. The van der Waals surface area contributed by atoms with Crippen molar-refractivity contribution in [3.8, 4) is 5.75 Å². The molecule has 6 atom stereocenters. The highest BCUT2D eigenvalue weighted by atomic mass is 19.1. The van der Waals surface area contributed by atoms with Crippen molar-refractivity contribution in [2.24, 2.45) is 29.4 Å². The standard InChI is InChI=1S/C30H32F2N4O7/c1-35(2)19-10-18(34-11-12-5-14(31)9-15(32)6-12)24(37)21-16(19)7-13-8-17-23(36(3)4)26(39)22(29(33)42)28(41)30(17,43)27(40)20(13)25(21)38/h5-6,9-10,13,17,20,22-23,34,37,43H,7-8,11H2,1-4H3,(H2,33,42)/t13-,17-,20?,22?,23-,30-/m0/s1. The molecule has 0 radical (unpaired) electrons. The summed E-state index contributed by atoms with van der Waals surface area (Å²) in [5, 5.41) is 25.9. The first-order valence-corrected chi connectivity index (χ1v) is 13.7. The van der Waals surface area contributed by atoms with Crippen molar-refractivity contribution in [2.45, 2.75) is 31.0 Å². The lowest BCUT2D eigenvalue weighted by Crippen LogP contribution is -2.74. The number of nitrogens with zero attached hydrogens (tertiary/aromatic N) is 2. The van der Waals surface area contributed by atoms with Gasteiger partial charge < -0.3 is 26.2 Å². The minimum absolute atomic E-state index is 0.0552. The van der Waals surface area contributed by atoms with E-state index in [1.807, 2.05) is 0 Å². The maximum absolute atomic E-state index is 14.1. The second-order valence-electron chi connectivity index (χ2n) is 12.0. The van der Waals surface area contributed by atoms with E-state index in [4.69, 9.17) is 5.73 Å². The topological polar surface area (TPSA) is 170 Å². The largest absolute Gasteiger partial charge is 0.505 e. The Labute approximate surface area is 245 Å². The van der Waals surface area contributed by atoms with Crippen molar-refractivity contribution in [1.82, 2.24) is 4.90 Å². The number of carbonyl (C=O) groups excluding carboxylic acids is 5. The summed E-state index contributed by atoms with van der Waals surface area (Å²) in [6.45, 7) is -0.114. The number of Topliss-reactive ketones (excluding diaryl/α,β-unsaturated/α-hetero) is 4. The smallest absolute Gasteiger partial charge is 0.235 e. The highest BCUT2D eigenvalue weighted by Crippen LogP contribution is 2.52. The number of rotatable bonds is 6. The summed E-state index contributed by atoms with van der Waals surface area (Å²) in [6.07, 6.45) is 0.0327. The molecular weight excluding hydrogens is 566 g/mol. The first-order chi connectivity index (χ1) is 20.1. The zero-order valence-corrected chi connectivity index (χ0v) is 24.0. The summed E-state index contributed by atoms with van der Waals surface area (Å²) in [6, 6.07) is 3.32. The van der Waals surface area contributed by atoms with Gasteiger partial charge in [-0.2, -0.15) is 0 Å². The van der Waals surface area contributed by atoms with E-state index >= 15 is 0 Å². The molecule has 2 aromatic rings. The van der Waals surface area contributed by atoms with Crippen LogP contribution in [0.5, 0.6) is 5.75 Å². The number of phenols is 1. The van der Waals surface area contributed by atoms with Gasteiger partial charge in [-0.1, -0.05) is 0 Å². The Morgan fingerprint density at radius 1 is 1.05 bits per heavy atom. The number of nitrogens with one attached hydrogen (secondary N) is 1. The zero-order chi connectivity index (χ0) is 31.7. The Morgan fingerprint density at radius 2 is 1.67 bits per heavy atom. The highest BCUT2D eigenvalue weighted by Gasteiger charge is 2.69. The molecule has 43 heavy (non-hydrogen) atoms. The Morgan fingerprint density at radius 3 is 2.23 bits per heavy atom. The van der Waals surface area contributed by atoms with Crippen molar-refractivity contribution in [1.29, 1.82) is 0 Å². The molecule has 13 heteroatoms. The Balaban J connectivity index is 1.59. The molecule has 5 rings (SSSR count). The van der Waals surface area contributed by atoms with Gasteiger partial charge in [0.25, 0.3) is 0 Å². The summed E-state index contributed by atoms with van der Waals surface area (Å²) < 4.78 is 27.4. The molecule has 2 fully saturated rings. The number of primary amides is 1. The lowest BCUT2D eigenvalue weighted by molar-refractivity contribution is -0.181. The number of aromatic hydroxyl groups is 1. The van der Waals surface area contributed by atoms with E-state index in [0.29, 0.717) is 11.3 Å². The van der Waals surface area contributed by atoms with Gasteiger partial charge in [-0.25, -0.2) is 8.78 Å². The molecule has 0 aliphatic heterocycles. The molecule has 0 saturated heterocycles. The molecule has 11 nitrogen and oxygen atoms in total. The van der Waals surface area contributed by atoms with E-state index in [9.17, 15) is 43.0 Å². The van der Waals surface area contributed by atoms with Crippen LogP contribution < -0.4 is 16.0 Å². The molecule has 2 aromatic carbocycles. The van der Waals surface area contributed by atoms with Gasteiger partial charge in [0.1, 0.15) is 17.4 Å². The monoisotopic (exact) mass is 598 g/mol. The SMILES string of the molecule is CN(C)c1cc(NCc2cc(F)cc(F)c2)c(O)c2c1C[C@H]1C[C@H]3[C@H](N(C)C)C(=O)C(C(N)=O)C(=O)[C@@]3(O)C(=O)C1C2=O. The fourth-order valence-corrected chi connectivity index (χ4v) is 7.10. The van der Waals surface area contributed by atoms with Gasteiger partial charge in [-0.05, 0) is 62.2 Å². The second kappa shape index (κ2) is 10.5. The first kappa shape index (κ1) is 30.2. The third kappa shape index (κ3) is 4.58. The van der Waals surface area contributed by atoms with Crippen LogP contribution in [0.1, 0.15) is 27.9 Å². The van der Waals surface area contributed by atoms with Gasteiger partial charge in [0.2, 0.25) is 5.91 Å². The summed E-state index contributed by atoms with van der Waals surface area (Å²) >= 11 is 0. The Hall–Kier alpha value is -4.23. The van der Waals surface area contributed by atoms with Crippen LogP contribution >= 0.6 is 0 Å². The number of fused-ring (bicyclic) bond motifs is 3. The molecule has 0 aromatic heterocycles. The quantitative estimate of drug-likeness (QED) is 0.276. The Kier molecular flexibility index (Phi) is 7.38. The van der Waals surface area contributed by atoms with Gasteiger partial charge in [0.15, 0.2) is 34.7 Å². The van der Waals surface area contributed by atoms with Crippen molar-refractivity contribution < 1.29 is 43.0 Å². The number of aliphatic hydroxyl groups is 1. The van der Waals surface area contributed by atoms with Crippen molar-refractivity contribution in [3.63, 3.8) is 0 Å². The number of hydrogen-bond acceptors (Lipinski definition) is 10. The van der Waals surface area contributed by atoms with Crippen LogP contribution in [0.15, 0.2) is 24.3 Å². The van der Waals surface area contributed by atoms with E-state index in [2.05, 4.69) is 5.32 Å². The van der Waals surface area contributed by atoms with Gasteiger partial charge in [-0.3, -0.25) is 28.9 Å². The molecule has 1 amide bonds. The van der Waals surface area contributed by atoms with Gasteiger partial charge >= 0.3 is 0 Å². The fourth-order valence-electron chi connectivity index (χ4n) is 7.10. The van der Waals surface area contributed by atoms with Crippen LogP contribution in [0, 0.1) is 35.3 Å². The van der Waals surface area contributed by atoms with E-state index in [0.717, 1.165) is 18.2 Å². The van der Waals surface area contributed by atoms with E-state index < -0.39 is 81.7 Å². The van der Waals surface area contributed by atoms with Crippen LogP contribution in [0.25, 0.3) is 0 Å². The summed E-state index contributed by atoms with van der Waals surface area (Å²) in [7, 11) is 6.46. The molecular formula is C30H32F2N4O7. The van der Waals surface area contributed by atoms with Crippen LogP contribution in [-0.4, -0.2) is 84.0 Å². The number of likely N-dealkylation sites (N-methyl/N-ethyl adjacent to an activating group) is 1. The average Bonchev–Trinajstić information content (AvgIpc) is 2.89. The van der Waals surface area contributed by atoms with Gasteiger partial charge in [-0.15, -0.1) is 0 Å². The third-order valence-corrected chi connectivity index (χ3v) is 8.92. The maximum Gasteiger partial charge on any atom is 0.235 e. The average molecular weight is 599 g/mol. The number of benzene rings is 2. The predicted molar refractivity (Wildman–Crippen MR) is 149 cm³/mol. The van der Waals surface area contributed by atoms with Crippen LogP contribution in [-0.2, 0) is 32.1 Å². The molecule has 228 valence electrons. The molecule has 0 spiro atoms. The fraction of sp³-hybridized carbons (Fsp3) is 0.433. The van der Waals surface area contributed by atoms with Gasteiger partial charge in [0, 0.05) is 38.3 Å². The normalized spacial score (nSPS) is 28.3. The first-order valence-electron chi connectivity index (χ1n) is 13.7. The van der Waals surface area contributed by atoms with Crippen molar-refractivity contribution >= 4 is 40.4 Å². The minimum Gasteiger partial charge on any atom is -0.505 e. The third-order valence-electron chi connectivity index (χ3n) is 8.92. The number of carbonyl (C=O) groups is 5. The second-order valence-corrected chi connectivity index (χ2v) is 12.0. The highest BCUT2D eigenvalue weighted by molar-refractivity contribution is 6.32. The van der Waals surface area contributed by atoms with Crippen molar-refractivity contribution in [2.75, 3.05) is 38.4 Å². The predicted octanol–water partition coefficient (Wildman–Crippen LogP) is 0.823. The number of nitrogens with two attached hydrogens (primary N) is 1. The lowest BCUT2D eigenvalue weighted by Gasteiger charge is -2.52. The summed E-state index contributed by atoms with van der Waals surface area (Å²) in [5.74, 6) is -13.1. The van der Waals surface area contributed by atoms with E-state index in [-0.39, 0.29) is 36.2 Å². The summed E-state index contributed by atoms with van der Waals surface area (Å²) in [5.41, 5.74) is 3.58. The van der Waals surface area contributed by atoms with Gasteiger partial charge in [0.05, 0.1) is 23.2 Å². The van der Waals surface area contributed by atoms with E-state index in [1.54, 1.807) is 25.1 Å². The zero-order valence-electron chi connectivity index (χ0n) is 24.0. The van der Waals surface area contributed by atoms with Crippen molar-refractivity contribution in [3.05, 3.63) is 52.6 Å². The lowest BCUT2D eigenvalue weighted by atomic mass is 9.52. The van der Waals surface area contributed by atoms with Crippen LogP contribution in [0.4, 0.5) is 20.2 Å². The summed E-state index contributed by atoms with van der Waals surface area (Å²) in [4.78, 5) is 70.0. The molecule has 0 heterocycles. The number of amides is 1. The number of ketones is 4. The maximum atomic E-state index is 14.1. The number of anilines is 2. The van der Waals surface area contributed by atoms with Crippen LogP contribution in [0.2, 0.25) is 0 Å². The minimum atomic E-state index is -2.83. The molecule has 2 saturated carbocycles. The molecule has 3 aliphatic rings. The Bertz CT molecular complexity index is 1570. The molecule has 3 aliphatic carbocycles. The molecule has 5 N–H and O–H groups in total. The van der Waals surface area contributed by atoms with Crippen LogP contribution in [0.3, 0.4) is 0 Å². The molecule has 2 unspecified atom stereocenters. The van der Waals surface area contributed by atoms with E-state index in [1.165, 1.54) is 19.0 Å².